The molecule has 1 N–H and O–H groups in total. The van der Waals surface area contributed by atoms with Crippen LogP contribution in [0.2, 0.25) is 0 Å². The Morgan fingerprint density at radius 3 is 2.80 bits per heavy atom. The Balaban J connectivity index is 2.50. The summed E-state index contributed by atoms with van der Waals surface area (Å²) in [4.78, 5) is 4.35. The van der Waals surface area contributed by atoms with Crippen LogP contribution in [0.25, 0.3) is 0 Å². The van der Waals surface area contributed by atoms with Crippen LogP contribution in [0.5, 0.6) is 5.75 Å². The first-order chi connectivity index (χ1) is 9.67. The van der Waals surface area contributed by atoms with Crippen molar-refractivity contribution in [1.29, 1.82) is 0 Å². The van der Waals surface area contributed by atoms with Crippen LogP contribution >= 0.6 is 0 Å². The van der Waals surface area contributed by atoms with E-state index >= 15 is 0 Å². The molecule has 1 atom stereocenters. The average Bonchev–Trinajstić information content (AvgIpc) is 2.45. The van der Waals surface area contributed by atoms with Crippen molar-refractivity contribution in [3.8, 4) is 5.75 Å². The Hall–Kier alpha value is -1.94. The highest BCUT2D eigenvalue weighted by atomic mass is 19.1. The van der Waals surface area contributed by atoms with E-state index in [1.807, 2.05) is 26.0 Å². The molecule has 2 rings (SSSR count). The summed E-state index contributed by atoms with van der Waals surface area (Å²) in [6.45, 7) is 4.56. The Morgan fingerprint density at radius 2 is 2.15 bits per heavy atom. The summed E-state index contributed by atoms with van der Waals surface area (Å²) in [6, 6.07) is 8.55. The van der Waals surface area contributed by atoms with Gasteiger partial charge < -0.3 is 10.1 Å². The number of aryl methyl sites for hydroxylation is 1. The van der Waals surface area contributed by atoms with E-state index in [1.165, 1.54) is 6.07 Å². The summed E-state index contributed by atoms with van der Waals surface area (Å²) in [5.41, 5.74) is 2.17. The van der Waals surface area contributed by atoms with Gasteiger partial charge in [-0.15, -0.1) is 0 Å². The van der Waals surface area contributed by atoms with Crippen molar-refractivity contribution in [2.24, 2.45) is 0 Å². The van der Waals surface area contributed by atoms with Gasteiger partial charge in [-0.05, 0) is 37.2 Å². The summed E-state index contributed by atoms with van der Waals surface area (Å²) < 4.78 is 19.6. The molecule has 0 aliphatic rings. The summed E-state index contributed by atoms with van der Waals surface area (Å²) in [5.74, 6) is 0.419. The molecule has 0 radical (unpaired) electrons. The van der Waals surface area contributed by atoms with Gasteiger partial charge in [0.25, 0.3) is 0 Å². The van der Waals surface area contributed by atoms with Crippen LogP contribution < -0.4 is 10.1 Å². The zero-order valence-corrected chi connectivity index (χ0v) is 12.0. The van der Waals surface area contributed by atoms with Crippen LogP contribution in [0.15, 0.2) is 36.5 Å². The van der Waals surface area contributed by atoms with Crippen molar-refractivity contribution in [3.05, 3.63) is 59.2 Å². The van der Waals surface area contributed by atoms with E-state index in [0.717, 1.165) is 5.56 Å². The molecule has 2 aromatic rings. The third-order valence-electron chi connectivity index (χ3n) is 3.17. The molecular weight excluding hydrogens is 255 g/mol. The molecule has 0 aliphatic heterocycles. The topological polar surface area (TPSA) is 34.2 Å². The summed E-state index contributed by atoms with van der Waals surface area (Å²) in [5, 5.41) is 3.27. The van der Waals surface area contributed by atoms with Crippen molar-refractivity contribution in [2.45, 2.75) is 19.9 Å². The zero-order valence-electron chi connectivity index (χ0n) is 12.0. The Morgan fingerprint density at radius 1 is 1.35 bits per heavy atom. The first-order valence-corrected chi connectivity index (χ1v) is 6.65. The highest BCUT2D eigenvalue weighted by molar-refractivity contribution is 5.38. The number of nitrogens with zero attached hydrogens (tertiary/aromatic N) is 1. The molecule has 106 valence electrons. The molecule has 0 fully saturated rings. The number of rotatable bonds is 5. The highest BCUT2D eigenvalue weighted by Crippen LogP contribution is 2.29. The normalized spacial score (nSPS) is 12.2. The van der Waals surface area contributed by atoms with E-state index in [9.17, 15) is 4.39 Å². The van der Waals surface area contributed by atoms with Gasteiger partial charge in [-0.25, -0.2) is 4.39 Å². The van der Waals surface area contributed by atoms with Crippen LogP contribution in [0, 0.1) is 12.7 Å². The molecule has 1 unspecified atom stereocenters. The van der Waals surface area contributed by atoms with Gasteiger partial charge in [0.15, 0.2) is 0 Å². The zero-order chi connectivity index (χ0) is 14.5. The summed E-state index contributed by atoms with van der Waals surface area (Å²) in [7, 11) is 1.59. The van der Waals surface area contributed by atoms with Gasteiger partial charge in [-0.1, -0.05) is 19.1 Å². The van der Waals surface area contributed by atoms with Crippen LogP contribution in [-0.2, 0) is 0 Å². The number of benzene rings is 1. The smallest absolute Gasteiger partial charge is 0.142 e. The van der Waals surface area contributed by atoms with Crippen molar-refractivity contribution < 1.29 is 9.13 Å². The fraction of sp³-hybridized carbons (Fsp3) is 0.312. The molecule has 20 heavy (non-hydrogen) atoms. The quantitative estimate of drug-likeness (QED) is 0.909. The second-order valence-corrected chi connectivity index (χ2v) is 4.61. The number of nitrogens with one attached hydrogen (secondary N) is 1. The first kappa shape index (κ1) is 14.5. The molecule has 1 heterocycles. The van der Waals surface area contributed by atoms with E-state index in [4.69, 9.17) is 4.74 Å². The number of hydrogen-bond donors (Lipinski definition) is 1. The summed E-state index contributed by atoms with van der Waals surface area (Å²) >= 11 is 0. The van der Waals surface area contributed by atoms with E-state index in [0.29, 0.717) is 23.6 Å². The molecule has 0 saturated carbocycles. The lowest BCUT2D eigenvalue weighted by Crippen LogP contribution is -2.24. The number of aromatic nitrogens is 1. The van der Waals surface area contributed by atoms with Gasteiger partial charge in [-0.2, -0.15) is 0 Å². The largest absolute Gasteiger partial charge is 0.495 e. The maximum absolute atomic E-state index is 14.2. The van der Waals surface area contributed by atoms with Gasteiger partial charge >= 0.3 is 0 Å². The van der Waals surface area contributed by atoms with Gasteiger partial charge in [-0.3, -0.25) is 4.98 Å². The predicted molar refractivity (Wildman–Crippen MR) is 77.4 cm³/mol. The van der Waals surface area contributed by atoms with Crippen LogP contribution in [0.4, 0.5) is 4.39 Å². The van der Waals surface area contributed by atoms with Crippen molar-refractivity contribution in [2.75, 3.05) is 13.7 Å². The number of pyridine rings is 1. The fourth-order valence-corrected chi connectivity index (χ4v) is 2.22. The van der Waals surface area contributed by atoms with Crippen LogP contribution in [0.3, 0.4) is 0 Å². The Kier molecular flexibility index (Phi) is 4.69. The molecule has 1 aromatic carbocycles. The predicted octanol–water partition coefficient (Wildman–Crippen LogP) is 3.24. The lowest BCUT2D eigenvalue weighted by atomic mass is 10.00. The van der Waals surface area contributed by atoms with E-state index in [-0.39, 0.29) is 11.9 Å². The molecule has 3 nitrogen and oxygen atoms in total. The second-order valence-electron chi connectivity index (χ2n) is 4.61. The van der Waals surface area contributed by atoms with Crippen LogP contribution in [-0.4, -0.2) is 18.6 Å². The maximum Gasteiger partial charge on any atom is 0.142 e. The Bertz CT molecular complexity index is 586. The van der Waals surface area contributed by atoms with Crippen LogP contribution in [0.1, 0.15) is 29.8 Å². The van der Waals surface area contributed by atoms with Gasteiger partial charge in [0.05, 0.1) is 13.2 Å². The molecule has 0 spiro atoms. The number of halogens is 1. The molecule has 0 bridgehead atoms. The monoisotopic (exact) mass is 274 g/mol. The van der Waals surface area contributed by atoms with Gasteiger partial charge in [0.2, 0.25) is 0 Å². The van der Waals surface area contributed by atoms with E-state index < -0.39 is 0 Å². The summed E-state index contributed by atoms with van der Waals surface area (Å²) in [6.07, 6.45) is 1.69. The lowest BCUT2D eigenvalue weighted by molar-refractivity contribution is 0.399. The van der Waals surface area contributed by atoms with Gasteiger partial charge in [0, 0.05) is 11.8 Å². The van der Waals surface area contributed by atoms with Gasteiger partial charge in [0.1, 0.15) is 17.3 Å². The number of hydrogen-bond acceptors (Lipinski definition) is 3. The van der Waals surface area contributed by atoms with Crippen molar-refractivity contribution in [1.82, 2.24) is 10.3 Å². The standard InChI is InChI=1S/C16H19FN2O/c1-4-18-15(12-8-7-11(2)10-13(12)17)16-14(20-3)6-5-9-19-16/h5-10,15,18H,4H2,1-3H3. The lowest BCUT2D eigenvalue weighted by Gasteiger charge is -2.20. The minimum Gasteiger partial charge on any atom is -0.495 e. The second kappa shape index (κ2) is 6.48. The third kappa shape index (κ3) is 2.96. The minimum atomic E-state index is -0.322. The molecule has 4 heteroatoms. The van der Waals surface area contributed by atoms with E-state index in [2.05, 4.69) is 10.3 Å². The average molecular weight is 274 g/mol. The minimum absolute atomic E-state index is 0.233. The van der Waals surface area contributed by atoms with Crippen molar-refractivity contribution >= 4 is 0 Å². The molecular formula is C16H19FN2O. The third-order valence-corrected chi connectivity index (χ3v) is 3.17. The van der Waals surface area contributed by atoms with E-state index in [1.54, 1.807) is 25.4 Å². The molecule has 0 aliphatic carbocycles. The fourth-order valence-electron chi connectivity index (χ4n) is 2.22. The molecule has 0 saturated heterocycles. The number of ether oxygens (including phenoxy) is 1. The Labute approximate surface area is 118 Å². The first-order valence-electron chi connectivity index (χ1n) is 6.65. The maximum atomic E-state index is 14.2. The SMILES string of the molecule is CCNC(c1ccc(C)cc1F)c1ncccc1OC. The molecule has 0 amide bonds. The molecule has 1 aromatic heterocycles. The number of methoxy groups -OCH3 is 1. The highest BCUT2D eigenvalue weighted by Gasteiger charge is 2.21. The van der Waals surface area contributed by atoms with Crippen molar-refractivity contribution in [3.63, 3.8) is 0 Å².